The number of nitrogens with two attached hydrogens (primary N) is 1. The normalized spacial score (nSPS) is 11.1. The maximum atomic E-state index is 12.3. The van der Waals surface area contributed by atoms with E-state index in [-0.39, 0.29) is 12.3 Å². The van der Waals surface area contributed by atoms with Crippen molar-refractivity contribution in [3.05, 3.63) is 70.8 Å². The van der Waals surface area contributed by atoms with Crippen LogP contribution in [0.4, 0.5) is 0 Å². The fraction of sp³-hybridized carbons (Fsp3) is 0.120. The number of nitrogens with zero attached hydrogens (tertiary/aromatic N) is 3. The summed E-state index contributed by atoms with van der Waals surface area (Å²) in [6.45, 7) is 1.56. The van der Waals surface area contributed by atoms with Crippen LogP contribution in [0.3, 0.4) is 0 Å². The summed E-state index contributed by atoms with van der Waals surface area (Å²) in [5, 5.41) is 11.3. The van der Waals surface area contributed by atoms with Gasteiger partial charge in [-0.1, -0.05) is 12.1 Å². The molecule has 0 radical (unpaired) electrons. The Balaban J connectivity index is 1.79. The maximum absolute atomic E-state index is 12.3. The highest BCUT2D eigenvalue weighted by atomic mass is 16.5. The van der Waals surface area contributed by atoms with Crippen molar-refractivity contribution in [1.82, 2.24) is 19.5 Å². The van der Waals surface area contributed by atoms with Gasteiger partial charge >= 0.3 is 0 Å². The number of carbonyl (C=O) groups excluding carboxylic acids is 1. The number of fused-ring (bicyclic) bond motifs is 1. The number of hydrogen-bond acceptors (Lipinski definition) is 7. The molecule has 4 N–H and O–H groups in total. The van der Waals surface area contributed by atoms with Crippen LogP contribution in [0.1, 0.15) is 5.76 Å². The van der Waals surface area contributed by atoms with E-state index in [0.29, 0.717) is 45.5 Å². The van der Waals surface area contributed by atoms with E-state index in [9.17, 15) is 14.7 Å². The molecule has 176 valence electrons. The minimum absolute atomic E-state index is 0.0365. The van der Waals surface area contributed by atoms with E-state index in [1.807, 2.05) is 12.1 Å². The van der Waals surface area contributed by atoms with E-state index in [1.54, 1.807) is 55.3 Å². The molecule has 10 nitrogen and oxygen atoms in total. The molecular formula is C25H21N5O5. The van der Waals surface area contributed by atoms with Gasteiger partial charge in [-0.25, -0.2) is 9.97 Å². The number of amides is 1. The molecular weight excluding hydrogens is 450 g/mol. The number of aromatic amines is 1. The van der Waals surface area contributed by atoms with Crippen molar-refractivity contribution in [3.8, 4) is 45.6 Å². The Hall–Kier alpha value is -4.86. The zero-order valence-electron chi connectivity index (χ0n) is 18.9. The van der Waals surface area contributed by atoms with Crippen LogP contribution in [0.2, 0.25) is 0 Å². The fourth-order valence-electron chi connectivity index (χ4n) is 4.02. The molecule has 0 aliphatic rings. The Morgan fingerprint density at radius 1 is 1.26 bits per heavy atom. The third-order valence-electron chi connectivity index (χ3n) is 5.54. The quantitative estimate of drug-likeness (QED) is 0.344. The number of nitrogens with one attached hydrogen (secondary N) is 1. The van der Waals surface area contributed by atoms with Crippen LogP contribution in [0.5, 0.6) is 11.5 Å². The van der Waals surface area contributed by atoms with E-state index < -0.39 is 17.1 Å². The van der Waals surface area contributed by atoms with Gasteiger partial charge in [0.1, 0.15) is 40.9 Å². The number of ether oxygens (including phenoxy) is 1. The average molecular weight is 471 g/mol. The molecule has 10 heteroatoms. The molecule has 4 aromatic heterocycles. The van der Waals surface area contributed by atoms with Crippen LogP contribution in [-0.2, 0) is 11.3 Å². The molecule has 4 heterocycles. The first kappa shape index (κ1) is 22.0. The fourth-order valence-corrected chi connectivity index (χ4v) is 4.02. The summed E-state index contributed by atoms with van der Waals surface area (Å²) < 4.78 is 12.8. The lowest BCUT2D eigenvalue weighted by Gasteiger charge is -2.06. The molecule has 5 rings (SSSR count). The number of pyridine rings is 1. The number of hydrogen-bond donors (Lipinski definition) is 3. The number of H-pyrrole nitrogens is 1. The predicted octanol–water partition coefficient (Wildman–Crippen LogP) is 3.22. The number of rotatable bonds is 6. The molecule has 0 saturated heterocycles. The SMILES string of the molecule is COc1cccc(-c2nc(-c3cn(CC(N)=O)c4ncccc34)[nH]c2-c2oc(C)cc(=O)c2O)c1. The van der Waals surface area contributed by atoms with Gasteiger partial charge < -0.3 is 29.5 Å². The lowest BCUT2D eigenvalue weighted by atomic mass is 10.1. The summed E-state index contributed by atoms with van der Waals surface area (Å²) in [5.41, 5.74) is 7.48. The van der Waals surface area contributed by atoms with Crippen LogP contribution >= 0.6 is 0 Å². The molecule has 0 bridgehead atoms. The highest BCUT2D eigenvalue weighted by Gasteiger charge is 2.24. The molecule has 0 aliphatic carbocycles. The number of imidazole rings is 1. The molecule has 0 atom stereocenters. The second-order valence-corrected chi connectivity index (χ2v) is 7.95. The van der Waals surface area contributed by atoms with Gasteiger partial charge in [-0.15, -0.1) is 0 Å². The van der Waals surface area contributed by atoms with Crippen molar-refractivity contribution in [2.75, 3.05) is 7.11 Å². The summed E-state index contributed by atoms with van der Waals surface area (Å²) >= 11 is 0. The lowest BCUT2D eigenvalue weighted by molar-refractivity contribution is -0.118. The number of benzene rings is 1. The van der Waals surface area contributed by atoms with Crippen LogP contribution in [0.15, 0.2) is 64.1 Å². The third kappa shape index (κ3) is 3.90. The number of aryl methyl sites for hydroxylation is 1. The van der Waals surface area contributed by atoms with Gasteiger partial charge in [-0.3, -0.25) is 9.59 Å². The topological polar surface area (TPSA) is 149 Å². The Morgan fingerprint density at radius 3 is 2.86 bits per heavy atom. The highest BCUT2D eigenvalue weighted by molar-refractivity contribution is 5.94. The van der Waals surface area contributed by atoms with Gasteiger partial charge in [0.15, 0.2) is 5.76 Å². The minimum Gasteiger partial charge on any atom is -0.501 e. The van der Waals surface area contributed by atoms with Crippen molar-refractivity contribution < 1.29 is 19.1 Å². The van der Waals surface area contributed by atoms with Crippen molar-refractivity contribution in [2.45, 2.75) is 13.5 Å². The molecule has 5 aromatic rings. The highest BCUT2D eigenvalue weighted by Crippen LogP contribution is 2.38. The van der Waals surface area contributed by atoms with E-state index in [0.717, 1.165) is 5.39 Å². The maximum Gasteiger partial charge on any atom is 0.237 e. The number of primary amides is 1. The smallest absolute Gasteiger partial charge is 0.237 e. The summed E-state index contributed by atoms with van der Waals surface area (Å²) in [7, 11) is 1.56. The van der Waals surface area contributed by atoms with Gasteiger partial charge in [0, 0.05) is 35.0 Å². The molecule has 0 spiro atoms. The van der Waals surface area contributed by atoms with E-state index in [4.69, 9.17) is 19.9 Å². The Bertz CT molecular complexity index is 1650. The molecule has 35 heavy (non-hydrogen) atoms. The molecule has 0 unspecified atom stereocenters. The molecule has 0 fully saturated rings. The Kier molecular flexibility index (Phi) is 5.33. The number of aromatic hydroxyl groups is 1. The van der Waals surface area contributed by atoms with Crippen LogP contribution < -0.4 is 15.9 Å². The van der Waals surface area contributed by atoms with Gasteiger partial charge in [0.2, 0.25) is 17.1 Å². The van der Waals surface area contributed by atoms with Crippen molar-refractivity contribution in [1.29, 1.82) is 0 Å². The van der Waals surface area contributed by atoms with Crippen LogP contribution in [0.25, 0.3) is 45.1 Å². The largest absolute Gasteiger partial charge is 0.501 e. The number of aromatic nitrogens is 4. The molecule has 0 saturated carbocycles. The third-order valence-corrected chi connectivity index (χ3v) is 5.54. The Labute approximate surface area is 198 Å². The van der Waals surface area contributed by atoms with E-state index >= 15 is 0 Å². The zero-order chi connectivity index (χ0) is 24.7. The molecule has 0 aliphatic heterocycles. The Morgan fingerprint density at radius 2 is 2.09 bits per heavy atom. The molecule has 1 amide bonds. The summed E-state index contributed by atoms with van der Waals surface area (Å²) in [6, 6.07) is 12.1. The van der Waals surface area contributed by atoms with Gasteiger partial charge in [0.25, 0.3) is 0 Å². The molecule has 1 aromatic carbocycles. The van der Waals surface area contributed by atoms with Crippen LogP contribution in [-0.4, -0.2) is 37.6 Å². The lowest BCUT2D eigenvalue weighted by Crippen LogP contribution is -2.18. The zero-order valence-corrected chi connectivity index (χ0v) is 18.9. The first-order chi connectivity index (χ1) is 16.9. The predicted molar refractivity (Wildman–Crippen MR) is 129 cm³/mol. The number of carbonyl (C=O) groups is 1. The summed E-state index contributed by atoms with van der Waals surface area (Å²) in [4.78, 5) is 36.3. The average Bonchev–Trinajstić information content (AvgIpc) is 3.43. The van der Waals surface area contributed by atoms with Crippen molar-refractivity contribution >= 4 is 16.9 Å². The summed E-state index contributed by atoms with van der Waals surface area (Å²) in [6.07, 6.45) is 3.35. The first-order valence-electron chi connectivity index (χ1n) is 10.7. The monoisotopic (exact) mass is 471 g/mol. The van der Waals surface area contributed by atoms with Crippen molar-refractivity contribution in [2.24, 2.45) is 5.73 Å². The number of methoxy groups -OCH3 is 1. The van der Waals surface area contributed by atoms with Gasteiger partial charge in [0.05, 0.1) is 7.11 Å². The minimum atomic E-state index is -0.571. The van der Waals surface area contributed by atoms with E-state index in [1.165, 1.54) is 6.07 Å². The van der Waals surface area contributed by atoms with Gasteiger partial charge in [-0.2, -0.15) is 0 Å². The second kappa shape index (κ2) is 8.49. The van der Waals surface area contributed by atoms with Gasteiger partial charge in [-0.05, 0) is 31.2 Å². The van der Waals surface area contributed by atoms with Crippen LogP contribution in [0, 0.1) is 6.92 Å². The standard InChI is InChI=1S/C25H21N5O5/c1-13-9-18(31)22(33)23(35-13)21-20(14-5-3-6-15(10-14)34-2)28-24(29-21)17-11-30(12-19(26)32)25-16(17)7-4-8-27-25/h3-11,33H,12H2,1-2H3,(H2,26,32)(H,28,29). The second-order valence-electron chi connectivity index (χ2n) is 7.95. The first-order valence-corrected chi connectivity index (χ1v) is 10.7. The summed E-state index contributed by atoms with van der Waals surface area (Å²) in [5.74, 6) is 0.275. The van der Waals surface area contributed by atoms with Crippen molar-refractivity contribution in [3.63, 3.8) is 0 Å². The van der Waals surface area contributed by atoms with E-state index in [2.05, 4.69) is 9.97 Å².